The van der Waals surface area contributed by atoms with Gasteiger partial charge >= 0.3 is 0 Å². The molecule has 15 heavy (non-hydrogen) atoms. The van der Waals surface area contributed by atoms with Gasteiger partial charge in [0.1, 0.15) is 0 Å². The Morgan fingerprint density at radius 1 is 1.40 bits per heavy atom. The van der Waals surface area contributed by atoms with Gasteiger partial charge in [-0.3, -0.25) is 0 Å². The standard InChI is InChI=1S/C9H11N5O/c1-14-9(11-12-13-14)7-2-6(5-15)3-8(10)4-7/h2-4,15H,5,10H2,1H3. The van der Waals surface area contributed by atoms with E-state index in [1.165, 1.54) is 0 Å². The molecule has 0 fully saturated rings. The van der Waals surface area contributed by atoms with Crippen molar-refractivity contribution in [3.63, 3.8) is 0 Å². The molecule has 0 unspecified atom stereocenters. The molecule has 6 heteroatoms. The van der Waals surface area contributed by atoms with E-state index in [1.54, 1.807) is 23.9 Å². The highest BCUT2D eigenvalue weighted by molar-refractivity contribution is 5.62. The maximum absolute atomic E-state index is 9.04. The number of anilines is 1. The fourth-order valence-corrected chi connectivity index (χ4v) is 1.41. The van der Waals surface area contributed by atoms with Gasteiger partial charge < -0.3 is 10.8 Å². The highest BCUT2D eigenvalue weighted by atomic mass is 16.3. The lowest BCUT2D eigenvalue weighted by atomic mass is 10.1. The topological polar surface area (TPSA) is 89.9 Å². The molecule has 78 valence electrons. The highest BCUT2D eigenvalue weighted by Gasteiger charge is 2.07. The Kier molecular flexibility index (Phi) is 2.34. The smallest absolute Gasteiger partial charge is 0.181 e. The van der Waals surface area contributed by atoms with Crippen LogP contribution < -0.4 is 5.73 Å². The van der Waals surface area contributed by atoms with Gasteiger partial charge in [0.25, 0.3) is 0 Å². The van der Waals surface area contributed by atoms with Gasteiger partial charge in [-0.2, -0.15) is 0 Å². The Morgan fingerprint density at radius 2 is 2.20 bits per heavy atom. The Hall–Kier alpha value is -1.95. The number of aliphatic hydroxyl groups excluding tert-OH is 1. The minimum Gasteiger partial charge on any atom is -0.399 e. The second-order valence-electron chi connectivity index (χ2n) is 3.25. The van der Waals surface area contributed by atoms with Gasteiger partial charge in [0.2, 0.25) is 0 Å². The van der Waals surface area contributed by atoms with Crippen LogP contribution in [0.1, 0.15) is 5.56 Å². The molecule has 3 N–H and O–H groups in total. The quantitative estimate of drug-likeness (QED) is 0.671. The number of nitrogens with zero attached hydrogens (tertiary/aromatic N) is 4. The van der Waals surface area contributed by atoms with Crippen LogP contribution in [0.3, 0.4) is 0 Å². The van der Waals surface area contributed by atoms with E-state index >= 15 is 0 Å². The molecule has 1 heterocycles. The second-order valence-corrected chi connectivity index (χ2v) is 3.25. The van der Waals surface area contributed by atoms with E-state index < -0.39 is 0 Å². The lowest BCUT2D eigenvalue weighted by Crippen LogP contribution is -1.97. The van der Waals surface area contributed by atoms with Gasteiger partial charge in [0.15, 0.2) is 5.82 Å². The summed E-state index contributed by atoms with van der Waals surface area (Å²) in [6.07, 6.45) is 0. The van der Waals surface area contributed by atoms with Gasteiger partial charge in [-0.1, -0.05) is 0 Å². The van der Waals surface area contributed by atoms with Crippen LogP contribution >= 0.6 is 0 Å². The minimum absolute atomic E-state index is 0.0523. The SMILES string of the molecule is Cn1nnnc1-c1cc(N)cc(CO)c1. The van der Waals surface area contributed by atoms with Crippen molar-refractivity contribution in [2.24, 2.45) is 7.05 Å². The number of hydrogen-bond donors (Lipinski definition) is 2. The van der Waals surface area contributed by atoms with Gasteiger partial charge in [0, 0.05) is 18.3 Å². The normalized spacial score (nSPS) is 10.5. The van der Waals surface area contributed by atoms with Crippen molar-refractivity contribution in [3.05, 3.63) is 23.8 Å². The van der Waals surface area contributed by atoms with Crippen LogP contribution in [0.5, 0.6) is 0 Å². The molecular formula is C9H11N5O. The molecule has 0 bridgehead atoms. The third-order valence-electron chi connectivity index (χ3n) is 2.08. The molecule has 0 amide bonds. The van der Waals surface area contributed by atoms with Crippen LogP contribution in [0.4, 0.5) is 5.69 Å². The number of rotatable bonds is 2. The maximum Gasteiger partial charge on any atom is 0.181 e. The predicted molar refractivity (Wildman–Crippen MR) is 54.6 cm³/mol. The lowest BCUT2D eigenvalue weighted by molar-refractivity contribution is 0.282. The first-order valence-electron chi connectivity index (χ1n) is 4.43. The van der Waals surface area contributed by atoms with Crippen LogP contribution in [0.15, 0.2) is 18.2 Å². The van der Waals surface area contributed by atoms with Crippen molar-refractivity contribution >= 4 is 5.69 Å². The monoisotopic (exact) mass is 205 g/mol. The van der Waals surface area contributed by atoms with E-state index in [0.29, 0.717) is 11.5 Å². The van der Waals surface area contributed by atoms with Crippen LogP contribution in [0.25, 0.3) is 11.4 Å². The first-order valence-corrected chi connectivity index (χ1v) is 4.43. The molecule has 0 spiro atoms. The molecule has 1 aromatic carbocycles. The Morgan fingerprint density at radius 3 is 2.80 bits per heavy atom. The van der Waals surface area contributed by atoms with Gasteiger partial charge in [-0.25, -0.2) is 4.68 Å². The molecule has 0 aliphatic carbocycles. The average Bonchev–Trinajstić information content (AvgIpc) is 2.63. The third-order valence-corrected chi connectivity index (χ3v) is 2.08. The summed E-state index contributed by atoms with van der Waals surface area (Å²) in [7, 11) is 1.75. The molecule has 2 rings (SSSR count). The zero-order valence-corrected chi connectivity index (χ0v) is 8.25. The first kappa shape index (κ1) is 9.60. The Labute approximate surface area is 86.3 Å². The van der Waals surface area contributed by atoms with Crippen molar-refractivity contribution in [2.45, 2.75) is 6.61 Å². The number of hydrogen-bond acceptors (Lipinski definition) is 5. The molecule has 0 saturated carbocycles. The number of aliphatic hydroxyl groups is 1. The molecule has 1 aromatic heterocycles. The van der Waals surface area contributed by atoms with Gasteiger partial charge in [-0.05, 0) is 34.2 Å². The van der Waals surface area contributed by atoms with E-state index in [1.807, 2.05) is 6.07 Å². The Bertz CT molecular complexity index is 479. The number of nitrogen functional groups attached to an aromatic ring is 1. The molecule has 0 radical (unpaired) electrons. The predicted octanol–water partition coefficient (Wildman–Crippen LogP) is -0.0484. The Balaban J connectivity index is 2.53. The zero-order chi connectivity index (χ0) is 10.8. The molecule has 2 aromatic rings. The van der Waals surface area contributed by atoms with Gasteiger partial charge in [0.05, 0.1) is 6.61 Å². The summed E-state index contributed by atoms with van der Waals surface area (Å²) in [5.74, 6) is 0.622. The molecular weight excluding hydrogens is 194 g/mol. The van der Waals surface area contributed by atoms with Crippen molar-refractivity contribution in [2.75, 3.05) is 5.73 Å². The molecule has 0 aliphatic rings. The van der Waals surface area contributed by atoms with Crippen LogP contribution in [-0.2, 0) is 13.7 Å². The second kappa shape index (κ2) is 3.66. The average molecular weight is 205 g/mol. The zero-order valence-electron chi connectivity index (χ0n) is 8.25. The molecule has 0 saturated heterocycles. The van der Waals surface area contributed by atoms with Crippen LogP contribution in [-0.4, -0.2) is 25.3 Å². The number of nitrogens with two attached hydrogens (primary N) is 1. The van der Waals surface area contributed by atoms with Crippen LogP contribution in [0.2, 0.25) is 0 Å². The van der Waals surface area contributed by atoms with Crippen molar-refractivity contribution in [1.29, 1.82) is 0 Å². The number of tetrazole rings is 1. The first-order chi connectivity index (χ1) is 7.20. The molecule has 6 nitrogen and oxygen atoms in total. The van der Waals surface area contributed by atoms with E-state index in [4.69, 9.17) is 10.8 Å². The lowest BCUT2D eigenvalue weighted by Gasteiger charge is -2.03. The van der Waals surface area contributed by atoms with E-state index in [-0.39, 0.29) is 6.61 Å². The summed E-state index contributed by atoms with van der Waals surface area (Å²) in [5.41, 5.74) is 7.83. The summed E-state index contributed by atoms with van der Waals surface area (Å²) >= 11 is 0. The summed E-state index contributed by atoms with van der Waals surface area (Å²) < 4.78 is 1.55. The van der Waals surface area contributed by atoms with Crippen molar-refractivity contribution < 1.29 is 5.11 Å². The van der Waals surface area contributed by atoms with E-state index in [2.05, 4.69) is 15.5 Å². The fourth-order valence-electron chi connectivity index (χ4n) is 1.41. The van der Waals surface area contributed by atoms with E-state index in [9.17, 15) is 0 Å². The number of aryl methyl sites for hydroxylation is 1. The highest BCUT2D eigenvalue weighted by Crippen LogP contribution is 2.20. The molecule has 0 atom stereocenters. The van der Waals surface area contributed by atoms with Crippen molar-refractivity contribution in [1.82, 2.24) is 20.2 Å². The minimum atomic E-state index is -0.0523. The summed E-state index contributed by atoms with van der Waals surface area (Å²) in [4.78, 5) is 0. The van der Waals surface area contributed by atoms with Crippen molar-refractivity contribution in [3.8, 4) is 11.4 Å². The molecule has 0 aliphatic heterocycles. The third kappa shape index (κ3) is 1.79. The van der Waals surface area contributed by atoms with Crippen LogP contribution in [0, 0.1) is 0 Å². The number of aromatic nitrogens is 4. The summed E-state index contributed by atoms with van der Waals surface area (Å²) in [6.45, 7) is -0.0523. The summed E-state index contributed by atoms with van der Waals surface area (Å²) in [5, 5.41) is 20.2. The summed E-state index contributed by atoms with van der Waals surface area (Å²) in [6, 6.07) is 5.29. The fraction of sp³-hybridized carbons (Fsp3) is 0.222. The number of benzene rings is 1. The largest absolute Gasteiger partial charge is 0.399 e. The maximum atomic E-state index is 9.04. The van der Waals surface area contributed by atoms with Gasteiger partial charge in [-0.15, -0.1) is 5.10 Å². The van der Waals surface area contributed by atoms with E-state index in [0.717, 1.165) is 11.1 Å².